The van der Waals surface area contributed by atoms with Crippen LogP contribution < -0.4 is 4.90 Å². The highest BCUT2D eigenvalue weighted by Gasteiger charge is 2.13. The fraction of sp³-hybridized carbons (Fsp3) is 0.267. The van der Waals surface area contributed by atoms with Crippen LogP contribution in [0.5, 0.6) is 0 Å². The summed E-state index contributed by atoms with van der Waals surface area (Å²) in [5.41, 5.74) is 0.577. The number of carbonyl (C=O) groups is 1. The summed E-state index contributed by atoms with van der Waals surface area (Å²) in [6.07, 6.45) is 2.56. The largest absolute Gasteiger partial charge is 0.476 e. The van der Waals surface area contributed by atoms with Crippen molar-refractivity contribution in [3.63, 3.8) is 0 Å². The van der Waals surface area contributed by atoms with Gasteiger partial charge in [0.1, 0.15) is 11.6 Å². The van der Waals surface area contributed by atoms with Gasteiger partial charge in [-0.2, -0.15) is 0 Å². The molecule has 8 heteroatoms. The normalized spacial score (nSPS) is 10.6. The van der Waals surface area contributed by atoms with Crippen molar-refractivity contribution in [2.24, 2.45) is 0 Å². The summed E-state index contributed by atoms with van der Waals surface area (Å²) in [6, 6.07) is 4.16. The molecule has 2 rings (SSSR count). The Labute approximate surface area is 137 Å². The maximum Gasteiger partial charge on any atom is 0.356 e. The fourth-order valence-corrected chi connectivity index (χ4v) is 2.15. The summed E-state index contributed by atoms with van der Waals surface area (Å²) in [4.78, 5) is 20.6. The summed E-state index contributed by atoms with van der Waals surface area (Å²) in [7, 11) is 1.57. The molecule has 0 aliphatic rings. The predicted octanol–water partition coefficient (Wildman–Crippen LogP) is 2.62. The van der Waals surface area contributed by atoms with Crippen LogP contribution in [0.4, 0.5) is 10.2 Å². The SMILES string of the molecule is COCCN(Cc1ccc(F)cc1Cl)c1cnc(C(=O)O)cn1. The summed E-state index contributed by atoms with van der Waals surface area (Å²) in [6.45, 7) is 1.29. The Hall–Kier alpha value is -2.25. The first kappa shape index (κ1) is 17.1. The van der Waals surface area contributed by atoms with E-state index in [1.807, 2.05) is 4.90 Å². The third-order valence-electron chi connectivity index (χ3n) is 3.12. The molecule has 0 aliphatic carbocycles. The molecule has 1 aromatic carbocycles. The van der Waals surface area contributed by atoms with Gasteiger partial charge in [-0.1, -0.05) is 17.7 Å². The zero-order valence-electron chi connectivity index (χ0n) is 12.4. The Bertz CT molecular complexity index is 682. The van der Waals surface area contributed by atoms with E-state index in [1.54, 1.807) is 13.2 Å². The minimum absolute atomic E-state index is 0.139. The molecule has 0 fully saturated rings. The van der Waals surface area contributed by atoms with Gasteiger partial charge in [0.15, 0.2) is 5.69 Å². The van der Waals surface area contributed by atoms with E-state index in [2.05, 4.69) is 9.97 Å². The van der Waals surface area contributed by atoms with Crippen LogP contribution in [0.25, 0.3) is 0 Å². The number of halogens is 2. The Morgan fingerprint density at radius 2 is 2.17 bits per heavy atom. The van der Waals surface area contributed by atoms with E-state index in [9.17, 15) is 9.18 Å². The van der Waals surface area contributed by atoms with Gasteiger partial charge in [-0.3, -0.25) is 0 Å². The van der Waals surface area contributed by atoms with Crippen molar-refractivity contribution in [2.75, 3.05) is 25.2 Å². The van der Waals surface area contributed by atoms with Crippen molar-refractivity contribution in [3.8, 4) is 0 Å². The maximum absolute atomic E-state index is 13.1. The predicted molar refractivity (Wildman–Crippen MR) is 83.3 cm³/mol. The highest BCUT2D eigenvalue weighted by Crippen LogP contribution is 2.21. The molecule has 0 unspecified atom stereocenters. The smallest absolute Gasteiger partial charge is 0.356 e. The van der Waals surface area contributed by atoms with Crippen LogP contribution in [0, 0.1) is 5.82 Å². The second kappa shape index (κ2) is 7.85. The van der Waals surface area contributed by atoms with Gasteiger partial charge in [-0.05, 0) is 17.7 Å². The van der Waals surface area contributed by atoms with Crippen LogP contribution in [0.3, 0.4) is 0 Å². The van der Waals surface area contributed by atoms with Gasteiger partial charge >= 0.3 is 5.97 Å². The minimum atomic E-state index is -1.14. The first-order chi connectivity index (χ1) is 11.0. The highest BCUT2D eigenvalue weighted by atomic mass is 35.5. The summed E-state index contributed by atoms with van der Waals surface area (Å²) < 4.78 is 18.2. The fourth-order valence-electron chi connectivity index (χ4n) is 1.93. The molecule has 0 radical (unpaired) electrons. The number of hydrogen-bond donors (Lipinski definition) is 1. The molecular weight excluding hydrogens is 325 g/mol. The van der Waals surface area contributed by atoms with Gasteiger partial charge in [-0.15, -0.1) is 0 Å². The number of carboxylic acid groups (broad SMARTS) is 1. The molecule has 2 aromatic rings. The van der Waals surface area contributed by atoms with Crippen LogP contribution in [-0.4, -0.2) is 41.3 Å². The summed E-state index contributed by atoms with van der Waals surface area (Å²) >= 11 is 6.05. The topological polar surface area (TPSA) is 75.5 Å². The third kappa shape index (κ3) is 4.61. The van der Waals surface area contributed by atoms with Crippen LogP contribution in [0.15, 0.2) is 30.6 Å². The van der Waals surface area contributed by atoms with E-state index in [0.29, 0.717) is 36.1 Å². The van der Waals surface area contributed by atoms with E-state index in [1.165, 1.54) is 24.5 Å². The molecule has 122 valence electrons. The number of benzene rings is 1. The van der Waals surface area contributed by atoms with Crippen LogP contribution in [-0.2, 0) is 11.3 Å². The molecule has 0 bridgehead atoms. The molecule has 1 N–H and O–H groups in total. The second-order valence-electron chi connectivity index (χ2n) is 4.72. The van der Waals surface area contributed by atoms with E-state index < -0.39 is 11.8 Å². The first-order valence-electron chi connectivity index (χ1n) is 6.74. The molecule has 0 atom stereocenters. The number of carboxylic acids is 1. The molecule has 23 heavy (non-hydrogen) atoms. The van der Waals surface area contributed by atoms with E-state index in [-0.39, 0.29) is 5.69 Å². The Balaban J connectivity index is 2.23. The van der Waals surface area contributed by atoms with Crippen molar-refractivity contribution >= 4 is 23.4 Å². The quantitative estimate of drug-likeness (QED) is 0.835. The first-order valence-corrected chi connectivity index (χ1v) is 7.12. The molecule has 0 aliphatic heterocycles. The molecule has 0 saturated heterocycles. The second-order valence-corrected chi connectivity index (χ2v) is 5.12. The van der Waals surface area contributed by atoms with Gasteiger partial charge in [0.2, 0.25) is 0 Å². The monoisotopic (exact) mass is 339 g/mol. The number of hydrogen-bond acceptors (Lipinski definition) is 5. The lowest BCUT2D eigenvalue weighted by Gasteiger charge is -2.23. The average molecular weight is 340 g/mol. The van der Waals surface area contributed by atoms with Crippen LogP contribution in [0.1, 0.15) is 16.1 Å². The lowest BCUT2D eigenvalue weighted by atomic mass is 10.2. The average Bonchev–Trinajstić information content (AvgIpc) is 2.53. The van der Waals surface area contributed by atoms with E-state index in [4.69, 9.17) is 21.4 Å². The molecular formula is C15H15ClFN3O3. The summed E-state index contributed by atoms with van der Waals surface area (Å²) in [5.74, 6) is -1.07. The third-order valence-corrected chi connectivity index (χ3v) is 3.47. The highest BCUT2D eigenvalue weighted by molar-refractivity contribution is 6.31. The van der Waals surface area contributed by atoms with Gasteiger partial charge in [0, 0.05) is 25.2 Å². The van der Waals surface area contributed by atoms with Gasteiger partial charge in [0.05, 0.1) is 19.0 Å². The Morgan fingerprint density at radius 3 is 2.74 bits per heavy atom. The molecule has 1 aromatic heterocycles. The Kier molecular flexibility index (Phi) is 5.84. The van der Waals surface area contributed by atoms with Crippen molar-refractivity contribution in [3.05, 3.63) is 52.7 Å². The van der Waals surface area contributed by atoms with Gasteiger partial charge in [-0.25, -0.2) is 19.2 Å². The number of methoxy groups -OCH3 is 1. The van der Waals surface area contributed by atoms with Crippen molar-refractivity contribution in [2.45, 2.75) is 6.54 Å². The molecule has 0 spiro atoms. The minimum Gasteiger partial charge on any atom is -0.476 e. The zero-order valence-corrected chi connectivity index (χ0v) is 13.1. The number of aromatic nitrogens is 2. The van der Waals surface area contributed by atoms with Gasteiger partial charge in [0.25, 0.3) is 0 Å². The number of aromatic carboxylic acids is 1. The van der Waals surface area contributed by atoms with Crippen LogP contribution >= 0.6 is 11.6 Å². The summed E-state index contributed by atoms with van der Waals surface area (Å²) in [5, 5.41) is 9.17. The van der Waals surface area contributed by atoms with Crippen molar-refractivity contribution < 1.29 is 19.0 Å². The number of anilines is 1. The maximum atomic E-state index is 13.1. The molecule has 0 amide bonds. The van der Waals surface area contributed by atoms with Gasteiger partial charge < -0.3 is 14.7 Å². The van der Waals surface area contributed by atoms with Crippen molar-refractivity contribution in [1.29, 1.82) is 0 Å². The van der Waals surface area contributed by atoms with Crippen LogP contribution in [0.2, 0.25) is 5.02 Å². The standard InChI is InChI=1S/C15H15ClFN3O3/c1-23-5-4-20(9-10-2-3-11(17)6-12(10)16)14-8-18-13(7-19-14)15(21)22/h2-3,6-8H,4-5,9H2,1H3,(H,21,22). The number of nitrogens with zero attached hydrogens (tertiary/aromatic N) is 3. The van der Waals surface area contributed by atoms with E-state index in [0.717, 1.165) is 0 Å². The molecule has 1 heterocycles. The number of ether oxygens (including phenoxy) is 1. The van der Waals surface area contributed by atoms with E-state index >= 15 is 0 Å². The molecule has 0 saturated carbocycles. The Morgan fingerprint density at radius 1 is 1.39 bits per heavy atom. The lowest BCUT2D eigenvalue weighted by Crippen LogP contribution is -2.28. The lowest BCUT2D eigenvalue weighted by molar-refractivity contribution is 0.0690. The molecule has 6 nitrogen and oxygen atoms in total. The van der Waals surface area contributed by atoms with Crippen molar-refractivity contribution in [1.82, 2.24) is 9.97 Å². The number of rotatable bonds is 7. The zero-order chi connectivity index (χ0) is 16.8.